The average Bonchev–Trinajstić information content (AvgIpc) is 2.28. The molecule has 1 aliphatic heterocycles. The summed E-state index contributed by atoms with van der Waals surface area (Å²) in [5, 5.41) is 14.5. The highest BCUT2D eigenvalue weighted by Crippen LogP contribution is 2.21. The van der Waals surface area contributed by atoms with Gasteiger partial charge in [-0.1, -0.05) is 0 Å². The summed E-state index contributed by atoms with van der Waals surface area (Å²) < 4.78 is 0. The van der Waals surface area contributed by atoms with Gasteiger partial charge in [-0.15, -0.1) is 0 Å². The summed E-state index contributed by atoms with van der Waals surface area (Å²) in [4.78, 5) is 21.7. The van der Waals surface area contributed by atoms with Crippen molar-refractivity contribution in [2.24, 2.45) is 5.92 Å². The third-order valence-electron chi connectivity index (χ3n) is 2.80. The lowest BCUT2D eigenvalue weighted by Crippen LogP contribution is -2.47. The fraction of sp³-hybridized carbons (Fsp3) is 0.818. The zero-order valence-corrected chi connectivity index (χ0v) is 10.9. The zero-order chi connectivity index (χ0) is 12.7. The molecular weight excluding hydrogens is 240 g/mol. The van der Waals surface area contributed by atoms with E-state index in [0.29, 0.717) is 12.5 Å². The Balaban J connectivity index is 2.21. The second-order valence-corrected chi connectivity index (χ2v) is 5.53. The van der Waals surface area contributed by atoms with Gasteiger partial charge in [-0.05, 0) is 36.8 Å². The number of carbonyl (C=O) groups excluding carboxylic acids is 1. The molecule has 6 heteroatoms. The molecule has 1 aliphatic rings. The van der Waals surface area contributed by atoms with E-state index in [4.69, 9.17) is 5.11 Å². The Bertz CT molecular complexity index is 267. The summed E-state index contributed by atoms with van der Waals surface area (Å²) in [5.74, 6) is 1.73. The van der Waals surface area contributed by atoms with Crippen molar-refractivity contribution in [1.29, 1.82) is 0 Å². The molecule has 0 aromatic carbocycles. The SMILES string of the molecule is CC(=O)NC(CNCC1CCSCC1)C(=O)O. The van der Waals surface area contributed by atoms with Crippen LogP contribution in [0.25, 0.3) is 0 Å². The molecule has 0 spiro atoms. The van der Waals surface area contributed by atoms with Gasteiger partial charge in [0, 0.05) is 13.5 Å². The topological polar surface area (TPSA) is 78.4 Å². The molecule has 0 bridgehead atoms. The Kier molecular flexibility index (Phi) is 6.36. The maximum atomic E-state index is 10.9. The quantitative estimate of drug-likeness (QED) is 0.640. The fourth-order valence-electron chi connectivity index (χ4n) is 1.83. The molecule has 0 aromatic rings. The third kappa shape index (κ3) is 5.93. The Hall–Kier alpha value is -0.750. The average molecular weight is 260 g/mol. The van der Waals surface area contributed by atoms with Crippen LogP contribution in [0.3, 0.4) is 0 Å². The number of nitrogens with one attached hydrogen (secondary N) is 2. The Morgan fingerprint density at radius 3 is 2.59 bits per heavy atom. The van der Waals surface area contributed by atoms with Crippen LogP contribution in [0.5, 0.6) is 0 Å². The van der Waals surface area contributed by atoms with Crippen molar-refractivity contribution >= 4 is 23.6 Å². The van der Waals surface area contributed by atoms with Crippen LogP contribution in [-0.2, 0) is 9.59 Å². The van der Waals surface area contributed by atoms with Gasteiger partial charge in [0.25, 0.3) is 0 Å². The first-order valence-corrected chi connectivity index (χ1v) is 7.03. The largest absolute Gasteiger partial charge is 0.480 e. The number of thioether (sulfide) groups is 1. The number of carbonyl (C=O) groups is 2. The standard InChI is InChI=1S/C11H20N2O3S/c1-8(14)13-10(11(15)16)7-12-6-9-2-4-17-5-3-9/h9-10,12H,2-7H2,1H3,(H,13,14)(H,15,16). The number of amides is 1. The first kappa shape index (κ1) is 14.3. The van der Waals surface area contributed by atoms with Gasteiger partial charge in [-0.3, -0.25) is 4.79 Å². The molecule has 1 atom stereocenters. The van der Waals surface area contributed by atoms with Crippen LogP contribution in [0.1, 0.15) is 19.8 Å². The van der Waals surface area contributed by atoms with Gasteiger partial charge >= 0.3 is 5.97 Å². The number of carboxylic acids is 1. The van der Waals surface area contributed by atoms with Gasteiger partial charge in [0.15, 0.2) is 0 Å². The van der Waals surface area contributed by atoms with E-state index in [9.17, 15) is 9.59 Å². The van der Waals surface area contributed by atoms with Crippen LogP contribution in [0.4, 0.5) is 0 Å². The number of carboxylic acid groups (broad SMARTS) is 1. The van der Waals surface area contributed by atoms with Gasteiger partial charge in [0.1, 0.15) is 6.04 Å². The molecule has 1 amide bonds. The summed E-state index contributed by atoms with van der Waals surface area (Å²) in [6.45, 7) is 2.46. The summed E-state index contributed by atoms with van der Waals surface area (Å²) in [5.41, 5.74) is 0. The molecule has 1 saturated heterocycles. The monoisotopic (exact) mass is 260 g/mol. The van der Waals surface area contributed by atoms with E-state index in [2.05, 4.69) is 10.6 Å². The third-order valence-corrected chi connectivity index (χ3v) is 3.85. The highest BCUT2D eigenvalue weighted by Gasteiger charge is 2.19. The Morgan fingerprint density at radius 2 is 2.06 bits per heavy atom. The van der Waals surface area contributed by atoms with Crippen molar-refractivity contribution in [2.75, 3.05) is 24.6 Å². The van der Waals surface area contributed by atoms with Crippen molar-refractivity contribution in [3.63, 3.8) is 0 Å². The van der Waals surface area contributed by atoms with Crippen molar-refractivity contribution in [3.8, 4) is 0 Å². The van der Waals surface area contributed by atoms with Crippen LogP contribution in [-0.4, -0.2) is 47.6 Å². The van der Waals surface area contributed by atoms with E-state index in [-0.39, 0.29) is 5.91 Å². The molecule has 0 saturated carbocycles. The van der Waals surface area contributed by atoms with Crippen molar-refractivity contribution in [3.05, 3.63) is 0 Å². The summed E-state index contributed by atoms with van der Waals surface area (Å²) >= 11 is 1.97. The first-order chi connectivity index (χ1) is 8.09. The Morgan fingerprint density at radius 1 is 1.41 bits per heavy atom. The van der Waals surface area contributed by atoms with E-state index < -0.39 is 12.0 Å². The molecule has 1 unspecified atom stereocenters. The molecule has 1 heterocycles. The minimum absolute atomic E-state index is 0.290. The maximum absolute atomic E-state index is 10.9. The molecule has 3 N–H and O–H groups in total. The van der Waals surface area contributed by atoms with E-state index in [1.165, 1.54) is 31.3 Å². The number of aliphatic carboxylic acids is 1. The van der Waals surface area contributed by atoms with Crippen LogP contribution in [0.15, 0.2) is 0 Å². The summed E-state index contributed by atoms with van der Waals surface area (Å²) in [6, 6.07) is -0.828. The number of hydrogen-bond acceptors (Lipinski definition) is 4. The molecule has 0 aromatic heterocycles. The predicted molar refractivity (Wildman–Crippen MR) is 68.2 cm³/mol. The van der Waals surface area contributed by atoms with E-state index in [0.717, 1.165) is 6.54 Å². The second kappa shape index (κ2) is 7.55. The van der Waals surface area contributed by atoms with Crippen LogP contribution >= 0.6 is 11.8 Å². The molecule has 17 heavy (non-hydrogen) atoms. The van der Waals surface area contributed by atoms with Crippen LogP contribution in [0, 0.1) is 5.92 Å². The first-order valence-electron chi connectivity index (χ1n) is 5.88. The molecule has 1 fully saturated rings. The number of hydrogen-bond donors (Lipinski definition) is 3. The lowest BCUT2D eigenvalue weighted by molar-refractivity contribution is -0.141. The van der Waals surface area contributed by atoms with E-state index >= 15 is 0 Å². The van der Waals surface area contributed by atoms with Crippen molar-refractivity contribution in [2.45, 2.75) is 25.8 Å². The van der Waals surface area contributed by atoms with Gasteiger partial charge in [0.05, 0.1) is 0 Å². The lowest BCUT2D eigenvalue weighted by atomic mass is 10.0. The van der Waals surface area contributed by atoms with Gasteiger partial charge < -0.3 is 15.7 Å². The molecule has 98 valence electrons. The van der Waals surface area contributed by atoms with E-state index in [1.54, 1.807) is 0 Å². The van der Waals surface area contributed by atoms with Gasteiger partial charge in [-0.2, -0.15) is 11.8 Å². The number of rotatable bonds is 6. The normalized spacial score (nSPS) is 18.6. The maximum Gasteiger partial charge on any atom is 0.327 e. The lowest BCUT2D eigenvalue weighted by Gasteiger charge is -2.22. The predicted octanol–water partition coefficient (Wildman–Crippen LogP) is 0.308. The zero-order valence-electron chi connectivity index (χ0n) is 10.1. The molecular formula is C11H20N2O3S. The smallest absolute Gasteiger partial charge is 0.327 e. The summed E-state index contributed by atoms with van der Waals surface area (Å²) in [7, 11) is 0. The minimum Gasteiger partial charge on any atom is -0.480 e. The minimum atomic E-state index is -0.994. The van der Waals surface area contributed by atoms with Crippen LogP contribution < -0.4 is 10.6 Å². The highest BCUT2D eigenvalue weighted by atomic mass is 32.2. The molecule has 0 radical (unpaired) electrons. The molecule has 1 rings (SSSR count). The van der Waals surface area contributed by atoms with Gasteiger partial charge in [0.2, 0.25) is 5.91 Å². The fourth-order valence-corrected chi connectivity index (χ4v) is 3.03. The highest BCUT2D eigenvalue weighted by molar-refractivity contribution is 7.99. The van der Waals surface area contributed by atoms with Crippen molar-refractivity contribution < 1.29 is 14.7 Å². The molecule has 5 nitrogen and oxygen atoms in total. The van der Waals surface area contributed by atoms with Crippen LogP contribution in [0.2, 0.25) is 0 Å². The summed E-state index contributed by atoms with van der Waals surface area (Å²) in [6.07, 6.45) is 2.38. The van der Waals surface area contributed by atoms with E-state index in [1.807, 2.05) is 11.8 Å². The van der Waals surface area contributed by atoms with Gasteiger partial charge in [-0.25, -0.2) is 4.79 Å². The Labute approximate surface area is 106 Å². The molecule has 0 aliphatic carbocycles. The van der Waals surface area contributed by atoms with Crippen molar-refractivity contribution in [1.82, 2.24) is 10.6 Å². The second-order valence-electron chi connectivity index (χ2n) is 4.31.